The zero-order valence-corrected chi connectivity index (χ0v) is 13.3. The molecule has 0 spiro atoms. The topological polar surface area (TPSA) is 59.1 Å². The van der Waals surface area contributed by atoms with Crippen molar-refractivity contribution >= 4 is 49.3 Å². The van der Waals surface area contributed by atoms with Crippen LogP contribution in [0.1, 0.15) is 6.92 Å². The lowest BCUT2D eigenvalue weighted by molar-refractivity contribution is 0.581. The van der Waals surface area contributed by atoms with Crippen LogP contribution in [0.5, 0.6) is 0 Å². The summed E-state index contributed by atoms with van der Waals surface area (Å²) < 4.78 is 27.0. The van der Waals surface area contributed by atoms with Gasteiger partial charge in [-0.15, -0.1) is 0 Å². The molecule has 1 aromatic rings. The van der Waals surface area contributed by atoms with E-state index in [2.05, 4.69) is 25.6 Å². The number of aromatic nitrogens is 1. The van der Waals surface area contributed by atoms with E-state index in [1.54, 1.807) is 11.8 Å². The zero-order valence-electron chi connectivity index (χ0n) is 9.28. The molecular weight excluding hydrogens is 348 g/mol. The average molecular weight is 360 g/mol. The fraction of sp³-hybridized carbons (Fsp3) is 0.444. The number of hydrogen-bond donors (Lipinski definition) is 1. The monoisotopic (exact) mass is 358 g/mol. The highest BCUT2D eigenvalue weighted by molar-refractivity contribution is 9.10. The molecule has 1 heterocycles. The van der Waals surface area contributed by atoms with Crippen molar-refractivity contribution < 1.29 is 8.42 Å². The van der Waals surface area contributed by atoms with Crippen LogP contribution in [0, 0.1) is 0 Å². The van der Waals surface area contributed by atoms with E-state index in [-0.39, 0.29) is 15.3 Å². The summed E-state index contributed by atoms with van der Waals surface area (Å²) in [5.74, 6) is 0. The molecule has 0 aliphatic carbocycles. The molecule has 1 unspecified atom stereocenters. The van der Waals surface area contributed by atoms with E-state index in [1.807, 2.05) is 13.2 Å². The van der Waals surface area contributed by atoms with Gasteiger partial charge in [0.2, 0.25) is 10.0 Å². The van der Waals surface area contributed by atoms with Gasteiger partial charge < -0.3 is 0 Å². The number of hydrogen-bond acceptors (Lipinski definition) is 4. The molecule has 1 aromatic heterocycles. The Labute approximate surface area is 119 Å². The third kappa shape index (κ3) is 4.40. The molecule has 8 heteroatoms. The molecule has 17 heavy (non-hydrogen) atoms. The largest absolute Gasteiger partial charge is 0.243 e. The van der Waals surface area contributed by atoms with Crippen molar-refractivity contribution in [2.45, 2.75) is 17.1 Å². The highest BCUT2D eigenvalue weighted by Crippen LogP contribution is 2.22. The van der Waals surface area contributed by atoms with E-state index < -0.39 is 10.0 Å². The second kappa shape index (κ2) is 6.38. The van der Waals surface area contributed by atoms with Crippen LogP contribution in [0.4, 0.5) is 0 Å². The van der Waals surface area contributed by atoms with Gasteiger partial charge >= 0.3 is 0 Å². The van der Waals surface area contributed by atoms with E-state index >= 15 is 0 Å². The molecular formula is C9H12BrClN2O2S2. The first kappa shape index (κ1) is 15.2. The lowest BCUT2D eigenvalue weighted by atomic mass is 10.5. The highest BCUT2D eigenvalue weighted by atomic mass is 79.9. The summed E-state index contributed by atoms with van der Waals surface area (Å²) in [6, 6.07) is 1.43. The summed E-state index contributed by atoms with van der Waals surface area (Å²) in [7, 11) is -3.61. The lowest BCUT2D eigenvalue weighted by Crippen LogP contribution is -2.29. The Morgan fingerprint density at radius 2 is 2.29 bits per heavy atom. The van der Waals surface area contributed by atoms with E-state index in [1.165, 1.54) is 12.3 Å². The molecule has 0 bridgehead atoms. The minimum absolute atomic E-state index is 0.0122. The molecule has 0 aliphatic rings. The van der Waals surface area contributed by atoms with Crippen molar-refractivity contribution in [2.75, 3.05) is 12.8 Å². The Balaban J connectivity index is 2.93. The maximum absolute atomic E-state index is 12.0. The Bertz CT molecular complexity index is 496. The van der Waals surface area contributed by atoms with Crippen molar-refractivity contribution in [3.8, 4) is 0 Å². The van der Waals surface area contributed by atoms with Crippen molar-refractivity contribution in [3.05, 3.63) is 21.9 Å². The third-order valence-electron chi connectivity index (χ3n) is 2.03. The van der Waals surface area contributed by atoms with Crippen LogP contribution in [0.15, 0.2) is 21.6 Å². The molecule has 4 nitrogen and oxygen atoms in total. The lowest BCUT2D eigenvalue weighted by Gasteiger charge is -2.11. The van der Waals surface area contributed by atoms with Crippen molar-refractivity contribution in [1.29, 1.82) is 0 Å². The smallest absolute Gasteiger partial charge is 0.242 e. The molecule has 0 fully saturated rings. The number of rotatable bonds is 5. The summed E-state index contributed by atoms with van der Waals surface area (Å²) in [5.41, 5.74) is 0. The second-order valence-electron chi connectivity index (χ2n) is 3.34. The van der Waals surface area contributed by atoms with Crippen LogP contribution in [-0.2, 0) is 10.0 Å². The van der Waals surface area contributed by atoms with Gasteiger partial charge in [-0.2, -0.15) is 11.8 Å². The third-order valence-corrected chi connectivity index (χ3v) is 5.28. The molecule has 1 N–H and O–H groups in total. The van der Waals surface area contributed by atoms with Gasteiger partial charge in [0.1, 0.15) is 10.0 Å². The molecule has 0 saturated carbocycles. The fourth-order valence-electron chi connectivity index (χ4n) is 0.981. The van der Waals surface area contributed by atoms with E-state index in [4.69, 9.17) is 11.6 Å². The standard InChI is InChI=1S/C9H12BrClN2O2S2/c1-6(16-2)4-13-17(14,15)8-3-7(10)5-12-9(8)11/h3,5-6,13H,4H2,1-2H3. The van der Waals surface area contributed by atoms with Crippen molar-refractivity contribution in [3.63, 3.8) is 0 Å². The van der Waals surface area contributed by atoms with Gasteiger partial charge in [0.15, 0.2) is 0 Å². The minimum atomic E-state index is -3.61. The first-order chi connectivity index (χ1) is 7.86. The minimum Gasteiger partial charge on any atom is -0.242 e. The van der Waals surface area contributed by atoms with Crippen LogP contribution in [-0.4, -0.2) is 31.5 Å². The number of thioether (sulfide) groups is 1. The molecule has 0 amide bonds. The van der Waals surface area contributed by atoms with Crippen molar-refractivity contribution in [1.82, 2.24) is 9.71 Å². The van der Waals surface area contributed by atoms with Gasteiger partial charge in [0, 0.05) is 22.5 Å². The Morgan fingerprint density at radius 1 is 1.65 bits per heavy atom. The number of sulfonamides is 1. The van der Waals surface area contributed by atoms with Gasteiger partial charge in [-0.3, -0.25) is 0 Å². The SMILES string of the molecule is CSC(C)CNS(=O)(=O)c1cc(Br)cnc1Cl. The highest BCUT2D eigenvalue weighted by Gasteiger charge is 2.19. The maximum atomic E-state index is 12.0. The molecule has 0 radical (unpaired) electrons. The van der Waals surface area contributed by atoms with Crippen LogP contribution >= 0.6 is 39.3 Å². The van der Waals surface area contributed by atoms with E-state index in [0.717, 1.165) is 0 Å². The van der Waals surface area contributed by atoms with Crippen LogP contribution in [0.3, 0.4) is 0 Å². The van der Waals surface area contributed by atoms with E-state index in [0.29, 0.717) is 11.0 Å². The molecule has 0 aliphatic heterocycles. The predicted molar refractivity (Wildman–Crippen MR) is 75.1 cm³/mol. The summed E-state index contributed by atoms with van der Waals surface area (Å²) in [6.07, 6.45) is 3.37. The van der Waals surface area contributed by atoms with Gasteiger partial charge in [0.25, 0.3) is 0 Å². The fourth-order valence-corrected chi connectivity index (χ4v) is 3.41. The average Bonchev–Trinajstić information content (AvgIpc) is 2.29. The Morgan fingerprint density at radius 3 is 2.88 bits per heavy atom. The van der Waals surface area contributed by atoms with Gasteiger partial charge in [-0.25, -0.2) is 18.1 Å². The van der Waals surface area contributed by atoms with Crippen LogP contribution in [0.25, 0.3) is 0 Å². The number of nitrogens with one attached hydrogen (secondary N) is 1. The Hall–Kier alpha value is 0.180. The molecule has 0 saturated heterocycles. The van der Waals surface area contributed by atoms with Gasteiger partial charge in [0.05, 0.1) is 0 Å². The summed E-state index contributed by atoms with van der Waals surface area (Å²) >= 11 is 10.5. The second-order valence-corrected chi connectivity index (χ2v) is 7.63. The number of halogens is 2. The molecule has 96 valence electrons. The number of nitrogens with zero attached hydrogens (tertiary/aromatic N) is 1. The van der Waals surface area contributed by atoms with Gasteiger partial charge in [-0.1, -0.05) is 18.5 Å². The van der Waals surface area contributed by atoms with Crippen molar-refractivity contribution in [2.24, 2.45) is 0 Å². The molecule has 1 atom stereocenters. The van der Waals surface area contributed by atoms with Gasteiger partial charge in [-0.05, 0) is 28.3 Å². The van der Waals surface area contributed by atoms with E-state index in [9.17, 15) is 8.42 Å². The summed E-state index contributed by atoms with van der Waals surface area (Å²) in [6.45, 7) is 2.29. The first-order valence-corrected chi connectivity index (χ1v) is 8.64. The quantitative estimate of drug-likeness (QED) is 0.821. The maximum Gasteiger partial charge on any atom is 0.243 e. The Kier molecular flexibility index (Phi) is 5.72. The molecule has 1 rings (SSSR count). The summed E-state index contributed by atoms with van der Waals surface area (Å²) in [4.78, 5) is 3.77. The first-order valence-electron chi connectivity index (χ1n) is 4.70. The normalized spacial score (nSPS) is 13.6. The molecule has 0 aromatic carbocycles. The number of pyridine rings is 1. The van der Waals surface area contributed by atoms with Crippen LogP contribution in [0.2, 0.25) is 5.15 Å². The van der Waals surface area contributed by atoms with Crippen LogP contribution < -0.4 is 4.72 Å². The predicted octanol–water partition coefficient (Wildman–Crippen LogP) is 2.53. The zero-order chi connectivity index (χ0) is 13.1. The summed E-state index contributed by atoms with van der Waals surface area (Å²) in [5, 5.41) is 0.168.